The van der Waals surface area contributed by atoms with Gasteiger partial charge in [0.2, 0.25) is 0 Å². The van der Waals surface area contributed by atoms with E-state index in [0.717, 1.165) is 25.8 Å². The first-order valence-corrected chi connectivity index (χ1v) is 8.30. The number of amides is 1. The van der Waals surface area contributed by atoms with E-state index in [9.17, 15) is 4.79 Å². The number of nitrogens with zero attached hydrogens (tertiary/aromatic N) is 1. The van der Waals surface area contributed by atoms with E-state index >= 15 is 0 Å². The van der Waals surface area contributed by atoms with E-state index in [-0.39, 0.29) is 11.5 Å². The zero-order valence-corrected chi connectivity index (χ0v) is 14.4. The molecule has 0 aliphatic rings. The second kappa shape index (κ2) is 10.4. The lowest BCUT2D eigenvalue weighted by Gasteiger charge is -2.07. The molecule has 1 aromatic carbocycles. The fraction of sp³-hybridized carbons (Fsp3) is 0.474. The Kier molecular flexibility index (Phi) is 8.52. The van der Waals surface area contributed by atoms with Gasteiger partial charge in [0.05, 0.1) is 0 Å². The molecule has 0 aromatic heterocycles. The molecule has 124 valence electrons. The van der Waals surface area contributed by atoms with Crippen LogP contribution in [0.5, 0.6) is 0 Å². The molecule has 1 amide bonds. The summed E-state index contributed by atoms with van der Waals surface area (Å²) in [4.78, 5) is 12.1. The van der Waals surface area contributed by atoms with Crippen molar-refractivity contribution in [2.75, 3.05) is 11.9 Å². The molecule has 4 nitrogen and oxygen atoms in total. The normalized spacial score (nSPS) is 11.2. The predicted octanol–water partition coefficient (Wildman–Crippen LogP) is 4.01. The maximum atomic E-state index is 12.1. The number of rotatable bonds is 9. The molecule has 0 heterocycles. The Morgan fingerprint density at radius 2 is 2.00 bits per heavy atom. The molecule has 0 saturated heterocycles. The largest absolute Gasteiger partial charge is 0.390 e. The number of carbonyl (C=O) groups is 1. The maximum Gasteiger partial charge on any atom is 0.267 e. The summed E-state index contributed by atoms with van der Waals surface area (Å²) in [5.41, 5.74) is 2.05. The molecule has 0 atom stereocenters. The van der Waals surface area contributed by atoms with E-state index < -0.39 is 0 Å². The predicted molar refractivity (Wildman–Crippen MR) is 94.8 cm³/mol. The second-order valence-corrected chi connectivity index (χ2v) is 6.06. The van der Waals surface area contributed by atoms with Gasteiger partial charge in [0.1, 0.15) is 11.6 Å². The van der Waals surface area contributed by atoms with Crippen LogP contribution in [-0.2, 0) is 11.2 Å². The van der Waals surface area contributed by atoms with Gasteiger partial charge in [-0.1, -0.05) is 39.3 Å². The van der Waals surface area contributed by atoms with Crippen LogP contribution in [0, 0.1) is 17.2 Å². The summed E-state index contributed by atoms with van der Waals surface area (Å²) in [7, 11) is 0. The molecule has 0 bridgehead atoms. The summed E-state index contributed by atoms with van der Waals surface area (Å²) in [6, 6.07) is 9.73. The number of benzene rings is 1. The number of carbonyl (C=O) groups excluding carboxylic acids is 1. The molecule has 0 aliphatic heterocycles. The van der Waals surface area contributed by atoms with Gasteiger partial charge >= 0.3 is 0 Å². The maximum absolute atomic E-state index is 12.1. The Balaban J connectivity index is 2.55. The molecule has 4 heteroatoms. The molecular weight excluding hydrogens is 286 g/mol. The van der Waals surface area contributed by atoms with Gasteiger partial charge in [-0.05, 0) is 42.9 Å². The highest BCUT2D eigenvalue weighted by molar-refractivity contribution is 6.06. The van der Waals surface area contributed by atoms with Crippen LogP contribution in [0.2, 0.25) is 0 Å². The zero-order valence-electron chi connectivity index (χ0n) is 14.4. The summed E-state index contributed by atoms with van der Waals surface area (Å²) in [6.07, 6.45) is 5.87. The van der Waals surface area contributed by atoms with Crippen LogP contribution >= 0.6 is 0 Å². The first-order valence-electron chi connectivity index (χ1n) is 8.30. The van der Waals surface area contributed by atoms with Crippen LogP contribution in [0.15, 0.2) is 36.0 Å². The highest BCUT2D eigenvalue weighted by Gasteiger charge is 2.09. The van der Waals surface area contributed by atoms with Gasteiger partial charge in [-0.3, -0.25) is 4.79 Å². The number of hydrogen-bond acceptors (Lipinski definition) is 3. The highest BCUT2D eigenvalue weighted by atomic mass is 16.1. The fourth-order valence-electron chi connectivity index (χ4n) is 2.03. The zero-order chi connectivity index (χ0) is 17.1. The SMILES string of the molecule is CCCCc1ccc(NC(=O)/C(C#N)=C\NCCC(C)C)cc1. The van der Waals surface area contributed by atoms with Gasteiger partial charge in [-0.25, -0.2) is 0 Å². The lowest BCUT2D eigenvalue weighted by molar-refractivity contribution is -0.112. The molecule has 0 aliphatic carbocycles. The molecule has 0 saturated carbocycles. The highest BCUT2D eigenvalue weighted by Crippen LogP contribution is 2.12. The van der Waals surface area contributed by atoms with Crippen LogP contribution in [0.1, 0.15) is 45.6 Å². The Labute approximate surface area is 139 Å². The lowest BCUT2D eigenvalue weighted by atomic mass is 10.1. The molecule has 0 spiro atoms. The summed E-state index contributed by atoms with van der Waals surface area (Å²) in [5.74, 6) is 0.201. The standard InChI is InChI=1S/C19H27N3O/c1-4-5-6-16-7-9-18(10-8-16)22-19(23)17(13-20)14-21-12-11-15(2)3/h7-10,14-15,21H,4-6,11-12H2,1-3H3,(H,22,23)/b17-14-. The number of unbranched alkanes of at least 4 members (excludes halogenated alkanes) is 1. The lowest BCUT2D eigenvalue weighted by Crippen LogP contribution is -2.17. The van der Waals surface area contributed by atoms with Crippen LogP contribution in [0.3, 0.4) is 0 Å². The average Bonchev–Trinajstić information content (AvgIpc) is 2.54. The van der Waals surface area contributed by atoms with E-state index in [1.807, 2.05) is 30.3 Å². The third-order valence-corrected chi connectivity index (χ3v) is 3.51. The Morgan fingerprint density at radius 1 is 1.30 bits per heavy atom. The molecule has 23 heavy (non-hydrogen) atoms. The Hall–Kier alpha value is -2.28. The van der Waals surface area contributed by atoms with E-state index in [1.165, 1.54) is 18.2 Å². The van der Waals surface area contributed by atoms with Crippen LogP contribution in [-0.4, -0.2) is 12.5 Å². The number of hydrogen-bond donors (Lipinski definition) is 2. The van der Waals surface area contributed by atoms with Crippen molar-refractivity contribution in [1.29, 1.82) is 5.26 Å². The van der Waals surface area contributed by atoms with Gasteiger partial charge < -0.3 is 10.6 Å². The minimum atomic E-state index is -0.383. The second-order valence-electron chi connectivity index (χ2n) is 6.06. The molecule has 2 N–H and O–H groups in total. The topological polar surface area (TPSA) is 64.9 Å². The molecule has 1 rings (SSSR count). The Bertz CT molecular complexity index is 553. The number of nitriles is 1. The van der Waals surface area contributed by atoms with Gasteiger partial charge in [0.15, 0.2) is 0 Å². The van der Waals surface area contributed by atoms with Crippen molar-refractivity contribution in [2.24, 2.45) is 5.92 Å². The monoisotopic (exact) mass is 313 g/mol. The number of nitrogens with one attached hydrogen (secondary N) is 2. The van der Waals surface area contributed by atoms with E-state index in [2.05, 4.69) is 31.4 Å². The minimum absolute atomic E-state index is 0.0869. The quantitative estimate of drug-likeness (QED) is 0.411. The van der Waals surface area contributed by atoms with Crippen molar-refractivity contribution in [2.45, 2.75) is 46.5 Å². The number of aryl methyl sites for hydroxylation is 1. The van der Waals surface area contributed by atoms with Crippen molar-refractivity contribution in [3.63, 3.8) is 0 Å². The first-order chi connectivity index (χ1) is 11.1. The van der Waals surface area contributed by atoms with Crippen LogP contribution < -0.4 is 10.6 Å². The van der Waals surface area contributed by atoms with Crippen molar-refractivity contribution >= 4 is 11.6 Å². The van der Waals surface area contributed by atoms with Crippen LogP contribution in [0.25, 0.3) is 0 Å². The molecule has 0 fully saturated rings. The Morgan fingerprint density at radius 3 is 2.57 bits per heavy atom. The molecule has 1 aromatic rings. The van der Waals surface area contributed by atoms with Crippen molar-refractivity contribution in [3.8, 4) is 6.07 Å². The van der Waals surface area contributed by atoms with E-state index in [0.29, 0.717) is 11.6 Å². The molecular formula is C19H27N3O. The van der Waals surface area contributed by atoms with E-state index in [4.69, 9.17) is 5.26 Å². The van der Waals surface area contributed by atoms with Gasteiger partial charge in [0, 0.05) is 18.4 Å². The van der Waals surface area contributed by atoms with Crippen molar-refractivity contribution in [1.82, 2.24) is 5.32 Å². The van der Waals surface area contributed by atoms with E-state index in [1.54, 1.807) is 0 Å². The molecule has 0 radical (unpaired) electrons. The minimum Gasteiger partial charge on any atom is -0.390 e. The number of anilines is 1. The third kappa shape index (κ3) is 7.51. The van der Waals surface area contributed by atoms with Gasteiger partial charge in [-0.15, -0.1) is 0 Å². The summed E-state index contributed by atoms with van der Waals surface area (Å²) in [6.45, 7) is 7.18. The summed E-state index contributed by atoms with van der Waals surface area (Å²) in [5, 5.41) is 14.9. The van der Waals surface area contributed by atoms with Crippen LogP contribution in [0.4, 0.5) is 5.69 Å². The summed E-state index contributed by atoms with van der Waals surface area (Å²) >= 11 is 0. The third-order valence-electron chi connectivity index (χ3n) is 3.51. The van der Waals surface area contributed by atoms with Crippen molar-refractivity contribution in [3.05, 3.63) is 41.6 Å². The van der Waals surface area contributed by atoms with Crippen molar-refractivity contribution < 1.29 is 4.79 Å². The summed E-state index contributed by atoms with van der Waals surface area (Å²) < 4.78 is 0. The van der Waals surface area contributed by atoms with Gasteiger partial charge in [0.25, 0.3) is 5.91 Å². The van der Waals surface area contributed by atoms with Gasteiger partial charge in [-0.2, -0.15) is 5.26 Å². The fourth-order valence-corrected chi connectivity index (χ4v) is 2.03. The molecule has 0 unspecified atom stereocenters. The smallest absolute Gasteiger partial charge is 0.267 e. The average molecular weight is 313 g/mol. The first kappa shape index (κ1) is 18.8.